The van der Waals surface area contributed by atoms with Gasteiger partial charge in [-0.1, -0.05) is 6.92 Å². The van der Waals surface area contributed by atoms with Crippen LogP contribution >= 0.6 is 11.3 Å². The Hall–Kier alpha value is -1.57. The fourth-order valence-electron chi connectivity index (χ4n) is 3.38. The predicted octanol–water partition coefficient (Wildman–Crippen LogP) is 1.89. The van der Waals surface area contributed by atoms with Crippen molar-refractivity contribution in [1.82, 2.24) is 19.9 Å². The third-order valence-electron chi connectivity index (χ3n) is 4.66. The van der Waals surface area contributed by atoms with Gasteiger partial charge in [0.25, 0.3) is 0 Å². The highest BCUT2D eigenvalue weighted by Crippen LogP contribution is 2.27. The van der Waals surface area contributed by atoms with Crippen LogP contribution in [0.25, 0.3) is 0 Å². The zero-order chi connectivity index (χ0) is 16.4. The molecule has 0 bridgehead atoms. The molecule has 0 aliphatic carbocycles. The molecule has 24 heavy (non-hydrogen) atoms. The second-order valence-electron chi connectivity index (χ2n) is 6.27. The molecule has 1 saturated heterocycles. The molecular weight excluding hydrogens is 322 g/mol. The predicted molar refractivity (Wildman–Crippen MR) is 94.4 cm³/mol. The Morgan fingerprint density at radius 3 is 2.88 bits per heavy atom. The number of hydrogen-bond donors (Lipinski definition) is 0. The zero-order valence-corrected chi connectivity index (χ0v) is 14.9. The molecule has 2 aromatic rings. The Kier molecular flexibility index (Phi) is 4.73. The van der Waals surface area contributed by atoms with E-state index in [0.29, 0.717) is 0 Å². The summed E-state index contributed by atoms with van der Waals surface area (Å²) in [7, 11) is 0. The highest BCUT2D eigenvalue weighted by molar-refractivity contribution is 7.09. The van der Waals surface area contributed by atoms with Gasteiger partial charge in [-0.15, -0.1) is 11.3 Å². The number of fused-ring (bicyclic) bond motifs is 1. The van der Waals surface area contributed by atoms with Crippen LogP contribution < -0.4 is 4.90 Å². The van der Waals surface area contributed by atoms with Gasteiger partial charge in [0, 0.05) is 50.1 Å². The van der Waals surface area contributed by atoms with Gasteiger partial charge in [0.2, 0.25) is 0 Å². The van der Waals surface area contributed by atoms with Crippen LogP contribution in [0.15, 0.2) is 11.7 Å². The summed E-state index contributed by atoms with van der Waals surface area (Å²) in [5.41, 5.74) is 3.68. The monoisotopic (exact) mass is 345 g/mol. The van der Waals surface area contributed by atoms with Gasteiger partial charge >= 0.3 is 0 Å². The highest BCUT2D eigenvalue weighted by Gasteiger charge is 2.25. The van der Waals surface area contributed by atoms with Crippen LogP contribution in [-0.2, 0) is 30.7 Å². The summed E-state index contributed by atoms with van der Waals surface area (Å²) in [6.07, 6.45) is 3.72. The summed E-state index contributed by atoms with van der Waals surface area (Å²) in [5.74, 6) is 1.10. The summed E-state index contributed by atoms with van der Waals surface area (Å²) in [4.78, 5) is 18.6. The summed E-state index contributed by atoms with van der Waals surface area (Å²) in [6.45, 7) is 8.39. The number of rotatable bonds is 4. The van der Waals surface area contributed by atoms with E-state index < -0.39 is 0 Å². The minimum absolute atomic E-state index is 0.779. The number of anilines is 1. The number of thiazole rings is 1. The van der Waals surface area contributed by atoms with Gasteiger partial charge in [-0.25, -0.2) is 15.0 Å². The molecule has 1 fully saturated rings. The van der Waals surface area contributed by atoms with Crippen LogP contribution in [0.2, 0.25) is 0 Å². The van der Waals surface area contributed by atoms with Crippen LogP contribution in [0.5, 0.6) is 0 Å². The quantitative estimate of drug-likeness (QED) is 0.843. The largest absolute Gasteiger partial charge is 0.378 e. The van der Waals surface area contributed by atoms with E-state index in [0.717, 1.165) is 64.6 Å². The van der Waals surface area contributed by atoms with Crippen molar-refractivity contribution >= 4 is 17.2 Å². The Bertz CT molecular complexity index is 698. The maximum Gasteiger partial charge on any atom is 0.136 e. The van der Waals surface area contributed by atoms with Crippen molar-refractivity contribution in [2.45, 2.75) is 32.9 Å². The average molecular weight is 345 g/mol. The van der Waals surface area contributed by atoms with Gasteiger partial charge in [-0.3, -0.25) is 4.90 Å². The van der Waals surface area contributed by atoms with Crippen LogP contribution in [0.3, 0.4) is 0 Å². The molecule has 128 valence electrons. The zero-order valence-electron chi connectivity index (χ0n) is 14.1. The highest BCUT2D eigenvalue weighted by atomic mass is 32.1. The van der Waals surface area contributed by atoms with E-state index >= 15 is 0 Å². The summed E-state index contributed by atoms with van der Waals surface area (Å²) in [6, 6.07) is 0. The van der Waals surface area contributed by atoms with E-state index in [1.807, 2.05) is 0 Å². The Morgan fingerprint density at radius 2 is 2.08 bits per heavy atom. The third-order valence-corrected chi connectivity index (χ3v) is 5.70. The molecule has 7 heteroatoms. The molecular formula is C17H23N5OS. The van der Waals surface area contributed by atoms with Crippen molar-refractivity contribution < 1.29 is 4.74 Å². The average Bonchev–Trinajstić information content (AvgIpc) is 3.09. The molecule has 0 amide bonds. The van der Waals surface area contributed by atoms with Crippen LogP contribution in [0, 0.1) is 0 Å². The summed E-state index contributed by atoms with van der Waals surface area (Å²) >= 11 is 1.77. The molecule has 0 unspecified atom stereocenters. The van der Waals surface area contributed by atoms with Crippen molar-refractivity contribution in [2.75, 3.05) is 37.7 Å². The van der Waals surface area contributed by atoms with Crippen molar-refractivity contribution in [3.8, 4) is 0 Å². The van der Waals surface area contributed by atoms with E-state index in [9.17, 15) is 0 Å². The maximum absolute atomic E-state index is 5.48. The van der Waals surface area contributed by atoms with E-state index in [4.69, 9.17) is 9.72 Å². The normalized spacial score (nSPS) is 18.6. The lowest BCUT2D eigenvalue weighted by Crippen LogP contribution is -2.39. The topological polar surface area (TPSA) is 54.4 Å². The van der Waals surface area contributed by atoms with Crippen molar-refractivity contribution in [3.05, 3.63) is 33.7 Å². The van der Waals surface area contributed by atoms with E-state index in [1.165, 1.54) is 22.0 Å². The second-order valence-corrected chi connectivity index (χ2v) is 7.21. The number of hydrogen-bond acceptors (Lipinski definition) is 7. The Balaban J connectivity index is 1.52. The second kappa shape index (κ2) is 7.13. The first-order valence-electron chi connectivity index (χ1n) is 8.64. The van der Waals surface area contributed by atoms with Gasteiger partial charge in [-0.05, 0) is 6.42 Å². The van der Waals surface area contributed by atoms with Crippen molar-refractivity contribution in [3.63, 3.8) is 0 Å². The van der Waals surface area contributed by atoms with E-state index in [1.54, 1.807) is 17.7 Å². The molecule has 2 aliphatic heterocycles. The number of morpholine rings is 1. The van der Waals surface area contributed by atoms with Gasteiger partial charge < -0.3 is 9.64 Å². The third kappa shape index (κ3) is 3.29. The van der Waals surface area contributed by atoms with Gasteiger partial charge in [0.1, 0.15) is 12.1 Å². The first-order valence-corrected chi connectivity index (χ1v) is 9.52. The molecule has 4 heterocycles. The molecule has 0 spiro atoms. The fraction of sp³-hybridized carbons (Fsp3) is 0.588. The lowest BCUT2D eigenvalue weighted by atomic mass is 10.1. The molecule has 0 atom stereocenters. The SMILES string of the molecule is CCc1nc(CN2CCc3ncnc(N4CCOCC4)c3C2)cs1. The van der Waals surface area contributed by atoms with E-state index in [2.05, 4.69) is 32.1 Å². The molecule has 0 radical (unpaired) electrons. The smallest absolute Gasteiger partial charge is 0.136 e. The molecule has 4 rings (SSSR count). The first kappa shape index (κ1) is 15.9. The maximum atomic E-state index is 5.48. The Labute approximate surface area is 146 Å². The van der Waals surface area contributed by atoms with Gasteiger partial charge in [-0.2, -0.15) is 0 Å². The number of aryl methyl sites for hydroxylation is 1. The first-order chi connectivity index (χ1) is 11.8. The number of nitrogens with zero attached hydrogens (tertiary/aromatic N) is 5. The standard InChI is InChI=1S/C17H23N5OS/c1-2-16-20-13(11-24-16)9-21-4-3-15-14(10-21)17(19-12-18-15)22-5-7-23-8-6-22/h11-12H,2-10H2,1H3. The summed E-state index contributed by atoms with van der Waals surface area (Å²) < 4.78 is 5.48. The molecule has 0 N–H and O–H groups in total. The fourth-order valence-corrected chi connectivity index (χ4v) is 4.11. The van der Waals surface area contributed by atoms with Gasteiger partial charge in [0.05, 0.1) is 29.6 Å². The van der Waals surface area contributed by atoms with Gasteiger partial charge in [0.15, 0.2) is 0 Å². The molecule has 2 aromatic heterocycles. The lowest BCUT2D eigenvalue weighted by Gasteiger charge is -2.33. The van der Waals surface area contributed by atoms with E-state index in [-0.39, 0.29) is 0 Å². The Morgan fingerprint density at radius 1 is 1.21 bits per heavy atom. The number of aromatic nitrogens is 3. The minimum Gasteiger partial charge on any atom is -0.378 e. The summed E-state index contributed by atoms with van der Waals surface area (Å²) in [5, 5.41) is 3.42. The number of ether oxygens (including phenoxy) is 1. The molecule has 2 aliphatic rings. The lowest BCUT2D eigenvalue weighted by molar-refractivity contribution is 0.122. The molecule has 0 saturated carbocycles. The molecule has 6 nitrogen and oxygen atoms in total. The molecule has 0 aromatic carbocycles. The van der Waals surface area contributed by atoms with Crippen LogP contribution in [0.4, 0.5) is 5.82 Å². The minimum atomic E-state index is 0.779. The van der Waals surface area contributed by atoms with Crippen LogP contribution in [-0.4, -0.2) is 52.7 Å². The van der Waals surface area contributed by atoms with Crippen LogP contribution in [0.1, 0.15) is 28.9 Å². The van der Waals surface area contributed by atoms with Crippen molar-refractivity contribution in [1.29, 1.82) is 0 Å². The van der Waals surface area contributed by atoms with Crippen molar-refractivity contribution in [2.24, 2.45) is 0 Å².